The number of thioether (sulfide) groups is 1. The van der Waals surface area contributed by atoms with Gasteiger partial charge in [0.1, 0.15) is 5.56 Å². The number of aromatic hydroxyl groups is 1. The summed E-state index contributed by atoms with van der Waals surface area (Å²) in [6, 6.07) is 13.4. The maximum Gasteiger partial charge on any atom is 0.330 e. The first-order valence-electron chi connectivity index (χ1n) is 9.26. The number of fused-ring (bicyclic) bond motifs is 2. The van der Waals surface area contributed by atoms with Gasteiger partial charge in [-0.15, -0.1) is 11.8 Å². The molecule has 0 saturated heterocycles. The van der Waals surface area contributed by atoms with Crippen LogP contribution in [0, 0.1) is 0 Å². The predicted molar refractivity (Wildman–Crippen MR) is 112 cm³/mol. The van der Waals surface area contributed by atoms with Crippen LogP contribution in [0.5, 0.6) is 17.4 Å². The van der Waals surface area contributed by atoms with Gasteiger partial charge in [-0.1, -0.05) is 18.2 Å². The fourth-order valence-corrected chi connectivity index (χ4v) is 4.76. The minimum absolute atomic E-state index is 0.000136. The van der Waals surface area contributed by atoms with Crippen LogP contribution in [0.2, 0.25) is 0 Å². The largest absolute Gasteiger partial charge is 0.494 e. The lowest BCUT2D eigenvalue weighted by Gasteiger charge is -2.17. The highest BCUT2D eigenvalue weighted by atomic mass is 32.2. The first-order chi connectivity index (χ1) is 14.5. The van der Waals surface area contributed by atoms with Crippen LogP contribution >= 0.6 is 11.8 Å². The highest BCUT2D eigenvalue weighted by Gasteiger charge is 2.28. The molecule has 0 saturated carbocycles. The zero-order chi connectivity index (χ0) is 20.8. The number of nitrogens with one attached hydrogen (secondary N) is 1. The van der Waals surface area contributed by atoms with Crippen molar-refractivity contribution in [3.8, 4) is 17.4 Å². The Balaban J connectivity index is 1.66. The van der Waals surface area contributed by atoms with Crippen molar-refractivity contribution in [1.29, 1.82) is 0 Å². The molecule has 0 aliphatic carbocycles. The molecule has 2 aliphatic rings. The van der Waals surface area contributed by atoms with E-state index in [-0.39, 0.29) is 17.6 Å². The minimum Gasteiger partial charge on any atom is -0.494 e. The van der Waals surface area contributed by atoms with Crippen molar-refractivity contribution in [3.63, 3.8) is 0 Å². The van der Waals surface area contributed by atoms with E-state index in [2.05, 4.69) is 4.98 Å². The molecule has 0 spiro atoms. The smallest absolute Gasteiger partial charge is 0.330 e. The molecule has 8 nitrogen and oxygen atoms in total. The van der Waals surface area contributed by atoms with E-state index < -0.39 is 17.1 Å². The highest BCUT2D eigenvalue weighted by molar-refractivity contribution is 7.99. The van der Waals surface area contributed by atoms with Gasteiger partial charge in [-0.3, -0.25) is 19.3 Å². The second-order valence-electron chi connectivity index (χ2n) is 6.97. The average molecular weight is 423 g/mol. The van der Waals surface area contributed by atoms with E-state index in [4.69, 9.17) is 14.5 Å². The molecule has 3 heterocycles. The average Bonchev–Trinajstić information content (AvgIpc) is 3.12. The fourth-order valence-electron chi connectivity index (χ4n) is 3.54. The number of aliphatic imine (C=N–C) groups is 1. The lowest BCUT2D eigenvalue weighted by Crippen LogP contribution is -2.32. The Morgan fingerprint density at radius 1 is 1.17 bits per heavy atom. The van der Waals surface area contributed by atoms with Gasteiger partial charge in [0.05, 0.1) is 11.4 Å². The van der Waals surface area contributed by atoms with Gasteiger partial charge in [-0.05, 0) is 29.8 Å². The van der Waals surface area contributed by atoms with Crippen molar-refractivity contribution in [2.75, 3.05) is 6.79 Å². The number of H-pyrrole nitrogens is 1. The van der Waals surface area contributed by atoms with Crippen molar-refractivity contribution >= 4 is 23.2 Å². The highest BCUT2D eigenvalue weighted by Crippen LogP contribution is 2.47. The molecule has 2 N–H and O–H groups in total. The normalized spacial score (nSPS) is 17.2. The summed E-state index contributed by atoms with van der Waals surface area (Å²) < 4.78 is 11.9. The number of ether oxygens (including phenoxy) is 2. The van der Waals surface area contributed by atoms with Crippen LogP contribution in [0.15, 0.2) is 61.9 Å². The maximum atomic E-state index is 12.6. The first-order valence-corrected chi connectivity index (χ1v) is 10.1. The van der Waals surface area contributed by atoms with Crippen LogP contribution < -0.4 is 20.7 Å². The number of hydrogen-bond donors (Lipinski definition) is 2. The van der Waals surface area contributed by atoms with Gasteiger partial charge < -0.3 is 14.6 Å². The SMILES string of the molecule is Cn1c(O)c(C2=Nc3ccccc3SC(c3ccc4c(c3)OCO4)C2)c(=O)[nH]c1=O. The molecule has 0 radical (unpaired) electrons. The molecule has 9 heteroatoms. The molecule has 1 atom stereocenters. The van der Waals surface area contributed by atoms with Crippen molar-refractivity contribution in [2.45, 2.75) is 16.6 Å². The zero-order valence-electron chi connectivity index (χ0n) is 15.9. The Morgan fingerprint density at radius 2 is 1.97 bits per heavy atom. The van der Waals surface area contributed by atoms with E-state index in [0.29, 0.717) is 29.3 Å². The lowest BCUT2D eigenvalue weighted by atomic mass is 10.0. The van der Waals surface area contributed by atoms with E-state index in [1.54, 1.807) is 11.8 Å². The molecule has 0 bridgehead atoms. The lowest BCUT2D eigenvalue weighted by molar-refractivity contribution is 0.174. The predicted octanol–water partition coefficient (Wildman–Crippen LogP) is 2.87. The summed E-state index contributed by atoms with van der Waals surface area (Å²) in [6.45, 7) is 0.188. The quantitative estimate of drug-likeness (QED) is 0.657. The van der Waals surface area contributed by atoms with E-state index in [9.17, 15) is 14.7 Å². The van der Waals surface area contributed by atoms with Gasteiger partial charge in [0, 0.05) is 23.6 Å². The van der Waals surface area contributed by atoms with Crippen molar-refractivity contribution in [3.05, 3.63) is 74.4 Å². The topological polar surface area (TPSA) is 106 Å². The summed E-state index contributed by atoms with van der Waals surface area (Å²) in [7, 11) is 1.40. The molecule has 3 aromatic rings. The summed E-state index contributed by atoms with van der Waals surface area (Å²) in [5, 5.41) is 10.5. The van der Waals surface area contributed by atoms with Crippen LogP contribution in [0.4, 0.5) is 5.69 Å². The standard InChI is InChI=1S/C21H17N3O5S/c1-24-20(26)18(19(25)23-21(24)27)13-9-17(30-16-5-3-2-4-12(16)22-13)11-6-7-14-15(8-11)29-10-28-14/h2-8,17,26H,9-10H2,1H3,(H,23,25,27). The second-order valence-corrected chi connectivity index (χ2v) is 8.21. The molecule has 0 fully saturated rings. The number of para-hydroxylation sites is 1. The Bertz CT molecular complexity index is 1310. The molecule has 1 unspecified atom stereocenters. The number of nitrogens with zero attached hydrogens (tertiary/aromatic N) is 2. The number of hydrogen-bond acceptors (Lipinski definition) is 7. The molecule has 2 aromatic carbocycles. The Hall–Kier alpha value is -3.46. The van der Waals surface area contributed by atoms with Crippen LogP contribution in [-0.2, 0) is 7.05 Å². The molecule has 152 valence electrons. The fraction of sp³-hybridized carbons (Fsp3) is 0.190. The van der Waals surface area contributed by atoms with Crippen LogP contribution in [-0.4, -0.2) is 27.2 Å². The Labute approximate surface area is 174 Å². The molecule has 30 heavy (non-hydrogen) atoms. The minimum atomic E-state index is -0.683. The van der Waals surface area contributed by atoms with E-state index in [1.807, 2.05) is 42.5 Å². The summed E-state index contributed by atoms with van der Waals surface area (Å²) in [6.07, 6.45) is 0.369. The third kappa shape index (κ3) is 3.07. The molecule has 1 aromatic heterocycles. The monoisotopic (exact) mass is 423 g/mol. The first kappa shape index (κ1) is 18.6. The maximum absolute atomic E-state index is 12.6. The van der Waals surface area contributed by atoms with Crippen molar-refractivity contribution in [2.24, 2.45) is 12.0 Å². The third-order valence-electron chi connectivity index (χ3n) is 5.12. The number of aromatic nitrogens is 2. The van der Waals surface area contributed by atoms with Gasteiger partial charge >= 0.3 is 5.69 Å². The summed E-state index contributed by atoms with van der Waals surface area (Å²) in [4.78, 5) is 32.3. The van der Waals surface area contributed by atoms with Gasteiger partial charge in [-0.25, -0.2) is 4.79 Å². The van der Waals surface area contributed by atoms with Gasteiger partial charge in [0.25, 0.3) is 5.56 Å². The van der Waals surface area contributed by atoms with E-state index >= 15 is 0 Å². The summed E-state index contributed by atoms with van der Waals surface area (Å²) in [5.41, 5.74) is 0.744. The van der Waals surface area contributed by atoms with Crippen LogP contribution in [0.25, 0.3) is 0 Å². The summed E-state index contributed by atoms with van der Waals surface area (Å²) >= 11 is 1.62. The zero-order valence-corrected chi connectivity index (χ0v) is 16.7. The van der Waals surface area contributed by atoms with Crippen molar-refractivity contribution < 1.29 is 14.6 Å². The van der Waals surface area contributed by atoms with E-state index in [1.165, 1.54) is 7.05 Å². The van der Waals surface area contributed by atoms with Crippen LogP contribution in [0.3, 0.4) is 0 Å². The molecule has 5 rings (SSSR count). The van der Waals surface area contributed by atoms with Crippen molar-refractivity contribution in [1.82, 2.24) is 9.55 Å². The number of rotatable bonds is 2. The Kier molecular flexibility index (Phi) is 4.39. The molecule has 0 amide bonds. The Morgan fingerprint density at radius 3 is 2.83 bits per heavy atom. The van der Waals surface area contributed by atoms with Gasteiger partial charge in [-0.2, -0.15) is 0 Å². The molecular weight excluding hydrogens is 406 g/mol. The van der Waals surface area contributed by atoms with Gasteiger partial charge in [0.15, 0.2) is 11.5 Å². The second kappa shape index (κ2) is 7.10. The summed E-state index contributed by atoms with van der Waals surface area (Å²) in [5.74, 6) is 0.960. The number of benzene rings is 2. The van der Waals surface area contributed by atoms with E-state index in [0.717, 1.165) is 15.0 Å². The molecular formula is C21H17N3O5S. The van der Waals surface area contributed by atoms with Crippen LogP contribution in [0.1, 0.15) is 22.8 Å². The van der Waals surface area contributed by atoms with Gasteiger partial charge in [0.2, 0.25) is 12.7 Å². The third-order valence-corrected chi connectivity index (χ3v) is 6.44. The molecule has 2 aliphatic heterocycles. The number of aromatic amines is 1.